The molecule has 3 aromatic rings. The van der Waals surface area contributed by atoms with Gasteiger partial charge >= 0.3 is 0 Å². The maximum atomic E-state index is 12.2. The fraction of sp³-hybridized carbons (Fsp3) is 0.250. The van der Waals surface area contributed by atoms with E-state index in [0.29, 0.717) is 12.8 Å². The Morgan fingerprint density at radius 1 is 1.15 bits per heavy atom. The molecule has 6 heteroatoms. The lowest BCUT2D eigenvalue weighted by Crippen LogP contribution is -2.26. The minimum Gasteiger partial charge on any atom is -0.497 e. The fourth-order valence-corrected chi connectivity index (χ4v) is 2.70. The molecule has 0 radical (unpaired) electrons. The number of aryl methyl sites for hydroxylation is 1. The van der Waals surface area contributed by atoms with Crippen LogP contribution in [0, 0.1) is 0 Å². The lowest BCUT2D eigenvalue weighted by atomic mass is 10.1. The number of aromatic nitrogens is 3. The molecule has 26 heavy (non-hydrogen) atoms. The van der Waals surface area contributed by atoms with Crippen molar-refractivity contribution in [3.8, 4) is 11.4 Å². The smallest absolute Gasteiger partial charge is 0.220 e. The van der Waals surface area contributed by atoms with E-state index >= 15 is 0 Å². The highest BCUT2D eigenvalue weighted by molar-refractivity contribution is 5.76. The van der Waals surface area contributed by atoms with Gasteiger partial charge in [0, 0.05) is 6.42 Å². The van der Waals surface area contributed by atoms with Crippen LogP contribution in [0.15, 0.2) is 61.2 Å². The molecular formula is C20H22N4O2. The normalized spacial score (nSPS) is 11.8. The lowest BCUT2D eigenvalue weighted by molar-refractivity contribution is -0.121. The average molecular weight is 350 g/mol. The number of rotatable bonds is 7. The quantitative estimate of drug-likeness (QED) is 0.711. The number of benzene rings is 2. The van der Waals surface area contributed by atoms with Crippen LogP contribution < -0.4 is 10.1 Å². The van der Waals surface area contributed by atoms with E-state index in [1.54, 1.807) is 18.1 Å². The topological polar surface area (TPSA) is 69.0 Å². The lowest BCUT2D eigenvalue weighted by Gasteiger charge is -2.15. The molecule has 6 nitrogen and oxygen atoms in total. The number of carbonyl (C=O) groups is 1. The van der Waals surface area contributed by atoms with E-state index in [1.807, 2.05) is 55.5 Å². The van der Waals surface area contributed by atoms with E-state index in [0.717, 1.165) is 22.6 Å². The van der Waals surface area contributed by atoms with Gasteiger partial charge in [0.1, 0.15) is 18.4 Å². The minimum atomic E-state index is -0.0526. The molecular weight excluding hydrogens is 328 g/mol. The van der Waals surface area contributed by atoms with Crippen LogP contribution in [0.5, 0.6) is 5.75 Å². The molecule has 1 atom stereocenters. The maximum absolute atomic E-state index is 12.2. The summed E-state index contributed by atoms with van der Waals surface area (Å²) in [6, 6.07) is 15.6. The molecule has 0 saturated heterocycles. The third kappa shape index (κ3) is 4.47. The van der Waals surface area contributed by atoms with Crippen molar-refractivity contribution in [3.05, 3.63) is 72.3 Å². The van der Waals surface area contributed by atoms with Crippen LogP contribution in [0.4, 0.5) is 0 Å². The van der Waals surface area contributed by atoms with E-state index in [1.165, 1.54) is 6.33 Å². The zero-order valence-corrected chi connectivity index (χ0v) is 14.9. The van der Waals surface area contributed by atoms with Crippen molar-refractivity contribution in [2.24, 2.45) is 0 Å². The van der Waals surface area contributed by atoms with E-state index in [-0.39, 0.29) is 11.9 Å². The zero-order valence-electron chi connectivity index (χ0n) is 14.9. The first-order valence-electron chi connectivity index (χ1n) is 8.53. The summed E-state index contributed by atoms with van der Waals surface area (Å²) in [5.74, 6) is 0.856. The minimum absolute atomic E-state index is 0.0358. The summed E-state index contributed by atoms with van der Waals surface area (Å²) >= 11 is 0. The fourth-order valence-electron chi connectivity index (χ4n) is 2.70. The SMILES string of the molecule is COc1ccc(CCC(=O)NC(C)c2ccc(-n3cncn3)cc2)cc1. The molecule has 1 heterocycles. The molecule has 0 aliphatic rings. The van der Waals surface area contributed by atoms with Gasteiger partial charge in [-0.05, 0) is 48.7 Å². The summed E-state index contributed by atoms with van der Waals surface area (Å²) in [7, 11) is 1.64. The molecule has 0 bridgehead atoms. The number of carbonyl (C=O) groups excluding carboxylic acids is 1. The number of nitrogens with one attached hydrogen (secondary N) is 1. The molecule has 0 saturated carbocycles. The van der Waals surface area contributed by atoms with Gasteiger partial charge in [-0.15, -0.1) is 0 Å². The highest BCUT2D eigenvalue weighted by atomic mass is 16.5. The Morgan fingerprint density at radius 3 is 2.50 bits per heavy atom. The second-order valence-electron chi connectivity index (χ2n) is 6.07. The van der Waals surface area contributed by atoms with Crippen LogP contribution in [0.3, 0.4) is 0 Å². The zero-order chi connectivity index (χ0) is 18.4. The molecule has 1 unspecified atom stereocenters. The van der Waals surface area contributed by atoms with Crippen LogP contribution in [-0.2, 0) is 11.2 Å². The highest BCUT2D eigenvalue weighted by Crippen LogP contribution is 2.16. The first kappa shape index (κ1) is 17.7. The number of amides is 1. The summed E-state index contributed by atoms with van der Waals surface area (Å²) in [6.07, 6.45) is 4.31. The Morgan fingerprint density at radius 2 is 1.88 bits per heavy atom. The van der Waals surface area contributed by atoms with Crippen LogP contribution in [0.1, 0.15) is 30.5 Å². The molecule has 134 valence electrons. The second kappa shape index (κ2) is 8.29. The van der Waals surface area contributed by atoms with E-state index in [4.69, 9.17) is 4.74 Å². The number of hydrogen-bond acceptors (Lipinski definition) is 4. The first-order chi connectivity index (χ1) is 12.7. The van der Waals surface area contributed by atoms with Gasteiger partial charge in [-0.2, -0.15) is 5.10 Å². The van der Waals surface area contributed by atoms with E-state index < -0.39 is 0 Å². The third-order valence-electron chi connectivity index (χ3n) is 4.25. The Bertz CT molecular complexity index is 827. The van der Waals surface area contributed by atoms with Crippen molar-refractivity contribution in [1.82, 2.24) is 20.1 Å². The van der Waals surface area contributed by atoms with Gasteiger partial charge in [-0.25, -0.2) is 9.67 Å². The summed E-state index contributed by atoms with van der Waals surface area (Å²) in [5, 5.41) is 7.15. The molecule has 0 aliphatic heterocycles. The molecule has 3 rings (SSSR count). The van der Waals surface area contributed by atoms with Crippen LogP contribution in [0.25, 0.3) is 5.69 Å². The van der Waals surface area contributed by atoms with Crippen molar-refractivity contribution in [1.29, 1.82) is 0 Å². The monoisotopic (exact) mass is 350 g/mol. The van der Waals surface area contributed by atoms with E-state index in [9.17, 15) is 4.79 Å². The third-order valence-corrected chi connectivity index (χ3v) is 4.25. The molecule has 1 N–H and O–H groups in total. The molecule has 1 aromatic heterocycles. The molecule has 0 aliphatic carbocycles. The van der Waals surface area contributed by atoms with Gasteiger partial charge in [0.2, 0.25) is 5.91 Å². The Kier molecular flexibility index (Phi) is 5.63. The van der Waals surface area contributed by atoms with Crippen LogP contribution >= 0.6 is 0 Å². The predicted octanol–water partition coefficient (Wildman–Crippen LogP) is 3.09. The Balaban J connectivity index is 1.51. The first-order valence-corrected chi connectivity index (χ1v) is 8.53. The van der Waals surface area contributed by atoms with Gasteiger partial charge in [0.25, 0.3) is 0 Å². The number of nitrogens with zero attached hydrogens (tertiary/aromatic N) is 3. The predicted molar refractivity (Wildman–Crippen MR) is 99.2 cm³/mol. The van der Waals surface area contributed by atoms with Gasteiger partial charge in [0.05, 0.1) is 18.8 Å². The van der Waals surface area contributed by atoms with Crippen molar-refractivity contribution in [2.45, 2.75) is 25.8 Å². The van der Waals surface area contributed by atoms with Crippen molar-refractivity contribution >= 4 is 5.91 Å². The van der Waals surface area contributed by atoms with Crippen molar-refractivity contribution < 1.29 is 9.53 Å². The Labute approximate surface area is 152 Å². The van der Waals surface area contributed by atoms with Crippen molar-refractivity contribution in [3.63, 3.8) is 0 Å². The summed E-state index contributed by atoms with van der Waals surface area (Å²) < 4.78 is 6.84. The Hall–Kier alpha value is -3.15. The maximum Gasteiger partial charge on any atom is 0.220 e. The van der Waals surface area contributed by atoms with Crippen LogP contribution in [0.2, 0.25) is 0 Å². The van der Waals surface area contributed by atoms with Gasteiger partial charge < -0.3 is 10.1 Å². The van der Waals surface area contributed by atoms with Gasteiger partial charge in [-0.1, -0.05) is 24.3 Å². The molecule has 2 aromatic carbocycles. The average Bonchev–Trinajstić information content (AvgIpc) is 3.21. The second-order valence-corrected chi connectivity index (χ2v) is 6.07. The highest BCUT2D eigenvalue weighted by Gasteiger charge is 2.10. The van der Waals surface area contributed by atoms with Crippen molar-refractivity contribution in [2.75, 3.05) is 7.11 Å². The van der Waals surface area contributed by atoms with Gasteiger partial charge in [0.15, 0.2) is 0 Å². The summed E-state index contributed by atoms with van der Waals surface area (Å²) in [4.78, 5) is 16.2. The molecule has 1 amide bonds. The largest absolute Gasteiger partial charge is 0.497 e. The number of methoxy groups -OCH3 is 1. The number of hydrogen-bond donors (Lipinski definition) is 1. The summed E-state index contributed by atoms with van der Waals surface area (Å²) in [5.41, 5.74) is 3.10. The molecule has 0 fully saturated rings. The standard InChI is InChI=1S/C20H22N4O2/c1-15(17-6-8-18(9-7-17)24-14-21-13-22-24)23-20(25)12-5-16-3-10-19(26-2)11-4-16/h3-4,6-11,13-15H,5,12H2,1-2H3,(H,23,25). The van der Waals surface area contributed by atoms with E-state index in [2.05, 4.69) is 15.4 Å². The van der Waals surface area contributed by atoms with Gasteiger partial charge in [-0.3, -0.25) is 4.79 Å². The summed E-state index contributed by atoms with van der Waals surface area (Å²) in [6.45, 7) is 1.98. The molecule has 0 spiro atoms. The number of ether oxygens (including phenoxy) is 1. The van der Waals surface area contributed by atoms with Crippen LogP contribution in [-0.4, -0.2) is 27.8 Å².